The first-order chi connectivity index (χ1) is 16.7. The summed E-state index contributed by atoms with van der Waals surface area (Å²) in [5.41, 5.74) is 2.77. The molecule has 0 aliphatic carbocycles. The van der Waals surface area contributed by atoms with E-state index in [1.54, 1.807) is 6.92 Å². The molecule has 0 radical (unpaired) electrons. The van der Waals surface area contributed by atoms with Crippen LogP contribution in [0.25, 0.3) is 0 Å². The maximum atomic E-state index is 11.3. The summed E-state index contributed by atoms with van der Waals surface area (Å²) in [6.07, 6.45) is 2.66. The van der Waals surface area contributed by atoms with E-state index < -0.39 is 17.2 Å². The highest BCUT2D eigenvalue weighted by Gasteiger charge is 2.33. The minimum atomic E-state index is -1.13. The van der Waals surface area contributed by atoms with Crippen LogP contribution in [-0.4, -0.2) is 38.3 Å². The molecule has 0 aromatic heterocycles. The van der Waals surface area contributed by atoms with Gasteiger partial charge < -0.3 is 15.3 Å². The number of aryl methyl sites for hydroxylation is 4. The molecule has 3 N–H and O–H groups in total. The summed E-state index contributed by atoms with van der Waals surface area (Å²) in [6, 6.07) is 16.4. The van der Waals surface area contributed by atoms with Crippen LogP contribution in [0.3, 0.4) is 0 Å². The third-order valence-electron chi connectivity index (χ3n) is 7.10. The number of carbonyl (C=O) groups is 2. The van der Waals surface area contributed by atoms with Crippen molar-refractivity contribution in [3.05, 3.63) is 70.8 Å². The van der Waals surface area contributed by atoms with Crippen LogP contribution in [0.4, 0.5) is 0 Å². The predicted molar refractivity (Wildman–Crippen MR) is 160 cm³/mol. The minimum Gasteiger partial charge on any atom is -0.481 e. The van der Waals surface area contributed by atoms with Crippen molar-refractivity contribution in [2.45, 2.75) is 113 Å². The molecule has 0 saturated carbocycles. The number of aliphatic hydroxyl groups is 2. The van der Waals surface area contributed by atoms with Gasteiger partial charge in [0.1, 0.15) is 5.78 Å². The lowest BCUT2D eigenvalue weighted by atomic mass is 9.81. The maximum Gasteiger partial charge on any atom is 0.306 e. The fourth-order valence-electron chi connectivity index (χ4n) is 4.09. The van der Waals surface area contributed by atoms with Gasteiger partial charge >= 0.3 is 5.97 Å². The van der Waals surface area contributed by atoms with Gasteiger partial charge in [-0.05, 0) is 69.4 Å². The average Bonchev–Trinajstić information content (AvgIpc) is 2.78. The van der Waals surface area contributed by atoms with Crippen LogP contribution in [0.1, 0.15) is 97.4 Å². The van der Waals surface area contributed by atoms with Crippen molar-refractivity contribution in [3.63, 3.8) is 0 Å². The molecule has 0 spiro atoms. The Kier molecular flexibility index (Phi) is 17.0. The van der Waals surface area contributed by atoms with Gasteiger partial charge in [-0.2, -0.15) is 0 Å². The van der Waals surface area contributed by atoms with Crippen LogP contribution in [0.5, 0.6) is 0 Å². The Balaban J connectivity index is 0. The number of benzene rings is 2. The van der Waals surface area contributed by atoms with E-state index in [4.69, 9.17) is 5.11 Å². The molecule has 0 aliphatic heterocycles. The van der Waals surface area contributed by atoms with Gasteiger partial charge in [0.25, 0.3) is 0 Å². The fraction of sp³-hybridized carbons (Fsp3) is 0.576. The van der Waals surface area contributed by atoms with Gasteiger partial charge in [-0.15, -0.1) is 0 Å². The van der Waals surface area contributed by atoms with E-state index in [0.29, 0.717) is 19.3 Å². The lowest BCUT2D eigenvalue weighted by molar-refractivity contribution is -0.145. The molecule has 2 atom stereocenters. The number of carbonyl (C=O) groups excluding carboxylic acids is 1. The molecule has 2 aromatic carbocycles. The van der Waals surface area contributed by atoms with E-state index in [1.807, 2.05) is 58.9 Å². The molecule has 0 heterocycles. The van der Waals surface area contributed by atoms with Crippen molar-refractivity contribution in [2.24, 2.45) is 11.8 Å². The number of ketones is 1. The maximum absolute atomic E-state index is 11.3. The van der Waals surface area contributed by atoms with Crippen molar-refractivity contribution in [1.82, 2.24) is 0 Å². The van der Waals surface area contributed by atoms with Crippen LogP contribution in [0.2, 0.25) is 0 Å². The Labute approximate surface area is 232 Å². The quantitative estimate of drug-likeness (QED) is 0.266. The molecule has 0 amide bonds. The average molecular weight is 531 g/mol. The summed E-state index contributed by atoms with van der Waals surface area (Å²) < 4.78 is 0. The molecule has 2 rings (SSSR count). The zero-order chi connectivity index (χ0) is 27.5. The van der Waals surface area contributed by atoms with E-state index in [-0.39, 0.29) is 45.3 Å². The zero-order valence-corrected chi connectivity index (χ0v) is 23.2. The number of carboxylic acids is 1. The van der Waals surface area contributed by atoms with Gasteiger partial charge in [-0.1, -0.05) is 102 Å². The van der Waals surface area contributed by atoms with Crippen molar-refractivity contribution < 1.29 is 24.9 Å². The van der Waals surface area contributed by atoms with E-state index in [9.17, 15) is 19.8 Å². The minimum absolute atomic E-state index is 0. The number of rotatable bonds is 12. The normalized spacial score (nSPS) is 13.8. The molecule has 0 bridgehead atoms. The van der Waals surface area contributed by atoms with E-state index >= 15 is 0 Å². The van der Waals surface area contributed by atoms with E-state index in [1.165, 1.54) is 16.7 Å². The lowest BCUT2D eigenvalue weighted by Gasteiger charge is -2.31. The molecule has 216 valence electrons. The fourth-order valence-corrected chi connectivity index (χ4v) is 4.09. The van der Waals surface area contributed by atoms with Crippen LogP contribution in [-0.2, 0) is 22.4 Å². The van der Waals surface area contributed by atoms with Gasteiger partial charge in [0, 0.05) is 6.42 Å². The van der Waals surface area contributed by atoms with Crippen LogP contribution >= 0.6 is 0 Å². The predicted octanol–water partition coefficient (Wildman–Crippen LogP) is 7.36. The SMILES string of the molecule is C.C.CC(=O)CC(O)(CCc1ccc(C)cc1)C(C)C.Cc1ccc(CCC(O)(CC(=O)O)C(C)C)cc1. The molecular weight excluding hydrogens is 476 g/mol. The molecule has 0 aliphatic rings. The zero-order valence-electron chi connectivity index (χ0n) is 23.2. The standard InChI is InChI=1S/C16H24O2.C15H22O3.2CH4/c1-12(2)16(18,11-14(4)17)10-9-15-7-5-13(3)6-8-15;1-11(2)15(18,10-14(16)17)9-8-13-6-4-12(3)5-7-13;;/h5-8,12,18H,9-11H2,1-4H3;4-7,11,18H,8-10H2,1-3H3,(H,16,17);2*1H4. The number of Topliss-reactive ketones (excluding diaryl/α,β-unsaturated/α-hetero) is 1. The Morgan fingerprint density at radius 3 is 1.26 bits per heavy atom. The summed E-state index contributed by atoms with van der Waals surface area (Å²) in [6.45, 7) is 13.3. The third kappa shape index (κ3) is 13.3. The van der Waals surface area contributed by atoms with Crippen LogP contribution in [0, 0.1) is 25.7 Å². The van der Waals surface area contributed by atoms with E-state index in [0.717, 1.165) is 12.0 Å². The van der Waals surface area contributed by atoms with Crippen LogP contribution in [0.15, 0.2) is 48.5 Å². The monoisotopic (exact) mass is 530 g/mol. The molecular formula is C33H54O5. The van der Waals surface area contributed by atoms with Gasteiger partial charge in [-0.25, -0.2) is 0 Å². The van der Waals surface area contributed by atoms with E-state index in [2.05, 4.69) is 31.2 Å². The molecule has 5 nitrogen and oxygen atoms in total. The van der Waals surface area contributed by atoms with Crippen LogP contribution < -0.4 is 0 Å². The van der Waals surface area contributed by atoms with Gasteiger partial charge in [0.05, 0.1) is 17.6 Å². The first-order valence-electron chi connectivity index (χ1n) is 12.9. The number of aliphatic carboxylic acids is 1. The second-order valence-electron chi connectivity index (χ2n) is 10.9. The smallest absolute Gasteiger partial charge is 0.306 e. The Morgan fingerprint density at radius 1 is 0.684 bits per heavy atom. The summed E-state index contributed by atoms with van der Waals surface area (Å²) in [5.74, 6) is -0.879. The molecule has 2 unspecified atom stereocenters. The Hall–Kier alpha value is -2.50. The first-order valence-corrected chi connectivity index (χ1v) is 12.9. The lowest BCUT2D eigenvalue weighted by Crippen LogP contribution is -2.38. The molecule has 38 heavy (non-hydrogen) atoms. The number of hydrogen-bond acceptors (Lipinski definition) is 4. The largest absolute Gasteiger partial charge is 0.481 e. The van der Waals surface area contributed by atoms with Gasteiger partial charge in [-0.3, -0.25) is 9.59 Å². The topological polar surface area (TPSA) is 94.8 Å². The van der Waals surface area contributed by atoms with Gasteiger partial charge in [0.2, 0.25) is 0 Å². The summed E-state index contributed by atoms with van der Waals surface area (Å²) in [7, 11) is 0. The molecule has 2 aromatic rings. The van der Waals surface area contributed by atoms with Crippen molar-refractivity contribution in [1.29, 1.82) is 0 Å². The summed E-state index contributed by atoms with van der Waals surface area (Å²) in [4.78, 5) is 22.1. The van der Waals surface area contributed by atoms with Gasteiger partial charge in [0.15, 0.2) is 0 Å². The summed E-state index contributed by atoms with van der Waals surface area (Å²) in [5, 5.41) is 29.8. The second-order valence-corrected chi connectivity index (χ2v) is 10.9. The van der Waals surface area contributed by atoms with Crippen molar-refractivity contribution >= 4 is 11.8 Å². The second kappa shape index (κ2) is 17.2. The highest BCUT2D eigenvalue weighted by Crippen LogP contribution is 2.28. The first kappa shape index (κ1) is 37.7. The molecule has 0 saturated heterocycles. The highest BCUT2D eigenvalue weighted by molar-refractivity contribution is 5.76. The number of carboxylic acid groups (broad SMARTS) is 1. The highest BCUT2D eigenvalue weighted by atomic mass is 16.4. The van der Waals surface area contributed by atoms with Crippen molar-refractivity contribution in [3.8, 4) is 0 Å². The summed E-state index contributed by atoms with van der Waals surface area (Å²) >= 11 is 0. The van der Waals surface area contributed by atoms with Crippen molar-refractivity contribution in [2.75, 3.05) is 0 Å². The Morgan fingerprint density at radius 2 is 1.00 bits per heavy atom. The third-order valence-corrected chi connectivity index (χ3v) is 7.10. The number of hydrogen-bond donors (Lipinski definition) is 3. The molecule has 5 heteroatoms. The Bertz CT molecular complexity index is 867. The molecule has 0 fully saturated rings.